The molecule has 0 spiro atoms. The van der Waals surface area contributed by atoms with E-state index in [4.69, 9.17) is 5.11 Å². The summed E-state index contributed by atoms with van der Waals surface area (Å²) >= 11 is 1.29. The average molecular weight is 270 g/mol. The van der Waals surface area contributed by atoms with Gasteiger partial charge < -0.3 is 9.67 Å². The van der Waals surface area contributed by atoms with E-state index in [0.29, 0.717) is 0 Å². The predicted octanol–water partition coefficient (Wildman–Crippen LogP) is 3.19. The number of hydrogen-bond donors (Lipinski definition) is 1. The Morgan fingerprint density at radius 3 is 2.83 bits per heavy atom. The quantitative estimate of drug-likeness (QED) is 0.582. The van der Waals surface area contributed by atoms with Gasteiger partial charge in [0.05, 0.1) is 5.75 Å². The molecular weight excluding hydrogens is 248 g/mol. The predicted molar refractivity (Wildman–Crippen MR) is 74.0 cm³/mol. The minimum absolute atomic E-state index is 0.0719. The molecule has 1 rings (SSSR count). The topological polar surface area (TPSA) is 55.1 Å². The maximum Gasteiger partial charge on any atom is 0.313 e. The van der Waals surface area contributed by atoms with Gasteiger partial charge in [0.15, 0.2) is 5.16 Å². The van der Waals surface area contributed by atoms with Crippen LogP contribution in [-0.2, 0) is 11.3 Å². The fourth-order valence-corrected chi connectivity index (χ4v) is 2.55. The van der Waals surface area contributed by atoms with Crippen LogP contribution in [0.25, 0.3) is 0 Å². The minimum Gasteiger partial charge on any atom is -0.481 e. The van der Waals surface area contributed by atoms with E-state index in [2.05, 4.69) is 23.4 Å². The highest BCUT2D eigenvalue weighted by molar-refractivity contribution is 7.99. The van der Waals surface area contributed by atoms with Crippen LogP contribution in [-0.4, -0.2) is 26.4 Å². The summed E-state index contributed by atoms with van der Waals surface area (Å²) in [6.07, 6.45) is 5.38. The Labute approximate surface area is 113 Å². The number of aliphatic carboxylic acids is 1. The molecule has 0 radical (unpaired) electrons. The van der Waals surface area contributed by atoms with Crippen molar-refractivity contribution < 1.29 is 9.90 Å². The molecule has 0 aliphatic carbocycles. The third-order valence-corrected chi connectivity index (χ3v) is 3.73. The molecule has 1 aromatic rings. The number of nitrogens with zero attached hydrogens (tertiary/aromatic N) is 2. The zero-order chi connectivity index (χ0) is 13.5. The van der Waals surface area contributed by atoms with E-state index >= 15 is 0 Å². The number of imidazole rings is 1. The standard InChI is InChI=1S/C13H22N2O2S/c1-10(2)6-4-5-7-15-11(3)8-14-13(15)18-9-12(16)17/h8,10H,4-7,9H2,1-3H3,(H,16,17). The molecule has 0 aliphatic heterocycles. The van der Waals surface area contributed by atoms with Gasteiger partial charge in [-0.1, -0.05) is 38.5 Å². The van der Waals surface area contributed by atoms with Crippen molar-refractivity contribution in [2.45, 2.75) is 51.7 Å². The van der Waals surface area contributed by atoms with Gasteiger partial charge in [-0.25, -0.2) is 4.98 Å². The summed E-state index contributed by atoms with van der Waals surface area (Å²) in [5.74, 6) is 0.0179. The lowest BCUT2D eigenvalue weighted by atomic mass is 10.1. The molecule has 1 heterocycles. The van der Waals surface area contributed by atoms with Gasteiger partial charge in [-0.05, 0) is 19.3 Å². The third-order valence-electron chi connectivity index (χ3n) is 2.76. The third kappa shape index (κ3) is 5.12. The van der Waals surface area contributed by atoms with Crippen molar-refractivity contribution in [3.8, 4) is 0 Å². The zero-order valence-electron chi connectivity index (χ0n) is 11.3. The SMILES string of the molecule is Cc1cnc(SCC(=O)O)n1CCCCC(C)C. The van der Waals surface area contributed by atoms with E-state index in [1.54, 1.807) is 0 Å². The first-order valence-corrected chi connectivity index (χ1v) is 7.36. The molecule has 18 heavy (non-hydrogen) atoms. The minimum atomic E-state index is -0.799. The van der Waals surface area contributed by atoms with Gasteiger partial charge in [0, 0.05) is 18.4 Å². The Bertz CT molecular complexity index is 388. The van der Waals surface area contributed by atoms with Crippen LogP contribution >= 0.6 is 11.8 Å². The van der Waals surface area contributed by atoms with Gasteiger partial charge in [-0.15, -0.1) is 0 Å². The van der Waals surface area contributed by atoms with E-state index in [0.717, 1.165) is 29.7 Å². The molecule has 5 heteroatoms. The second kappa shape index (κ2) is 7.46. The molecule has 0 atom stereocenters. The normalized spacial score (nSPS) is 11.1. The summed E-state index contributed by atoms with van der Waals surface area (Å²) in [5, 5.41) is 9.51. The molecule has 0 aliphatic rings. The Hall–Kier alpha value is -0.970. The van der Waals surface area contributed by atoms with Crippen molar-refractivity contribution in [3.05, 3.63) is 11.9 Å². The van der Waals surface area contributed by atoms with Crippen LogP contribution in [0.4, 0.5) is 0 Å². The largest absolute Gasteiger partial charge is 0.481 e. The molecule has 0 unspecified atom stereocenters. The van der Waals surface area contributed by atoms with E-state index in [1.807, 2.05) is 13.1 Å². The van der Waals surface area contributed by atoms with Crippen LogP contribution in [0.5, 0.6) is 0 Å². The second-order valence-electron chi connectivity index (χ2n) is 4.91. The summed E-state index contributed by atoms with van der Waals surface area (Å²) in [6.45, 7) is 7.41. The Morgan fingerprint density at radius 1 is 1.50 bits per heavy atom. The number of carboxylic acid groups (broad SMARTS) is 1. The first-order valence-electron chi connectivity index (χ1n) is 6.37. The summed E-state index contributed by atoms with van der Waals surface area (Å²) in [4.78, 5) is 14.8. The van der Waals surface area contributed by atoms with E-state index in [1.165, 1.54) is 24.6 Å². The van der Waals surface area contributed by atoms with E-state index in [9.17, 15) is 4.79 Å². The summed E-state index contributed by atoms with van der Waals surface area (Å²) < 4.78 is 2.12. The number of aromatic nitrogens is 2. The number of rotatable bonds is 8. The molecule has 4 nitrogen and oxygen atoms in total. The maximum absolute atomic E-state index is 10.6. The molecular formula is C13H22N2O2S. The highest BCUT2D eigenvalue weighted by atomic mass is 32.2. The maximum atomic E-state index is 10.6. The van der Waals surface area contributed by atoms with Crippen molar-refractivity contribution in [1.29, 1.82) is 0 Å². The number of aryl methyl sites for hydroxylation is 1. The number of carboxylic acids is 1. The van der Waals surface area contributed by atoms with Crippen molar-refractivity contribution in [1.82, 2.24) is 9.55 Å². The second-order valence-corrected chi connectivity index (χ2v) is 5.85. The first kappa shape index (κ1) is 15.1. The average Bonchev–Trinajstić information content (AvgIpc) is 2.63. The van der Waals surface area contributed by atoms with Gasteiger partial charge in [0.2, 0.25) is 0 Å². The zero-order valence-corrected chi connectivity index (χ0v) is 12.2. The molecule has 0 amide bonds. The monoisotopic (exact) mass is 270 g/mol. The summed E-state index contributed by atoms with van der Waals surface area (Å²) in [5.41, 5.74) is 1.10. The number of carbonyl (C=O) groups is 1. The molecule has 0 saturated heterocycles. The van der Waals surface area contributed by atoms with Crippen LogP contribution in [0.2, 0.25) is 0 Å². The lowest BCUT2D eigenvalue weighted by Gasteiger charge is -2.10. The molecule has 0 aromatic carbocycles. The van der Waals surface area contributed by atoms with E-state index in [-0.39, 0.29) is 5.75 Å². The van der Waals surface area contributed by atoms with E-state index < -0.39 is 5.97 Å². The van der Waals surface area contributed by atoms with Gasteiger partial charge in [-0.3, -0.25) is 4.79 Å². The molecule has 1 aromatic heterocycles. The molecule has 1 N–H and O–H groups in total. The van der Waals surface area contributed by atoms with Crippen molar-refractivity contribution in [2.75, 3.05) is 5.75 Å². The molecule has 102 valence electrons. The number of unbranched alkanes of at least 4 members (excludes halogenated alkanes) is 1. The van der Waals surface area contributed by atoms with Crippen LogP contribution in [0, 0.1) is 12.8 Å². The fourth-order valence-electron chi connectivity index (χ4n) is 1.77. The van der Waals surface area contributed by atoms with Gasteiger partial charge in [-0.2, -0.15) is 0 Å². The van der Waals surface area contributed by atoms with Gasteiger partial charge >= 0.3 is 5.97 Å². The first-order chi connectivity index (χ1) is 8.50. The van der Waals surface area contributed by atoms with Crippen LogP contribution in [0.1, 0.15) is 38.8 Å². The number of thioether (sulfide) groups is 1. The van der Waals surface area contributed by atoms with Crippen LogP contribution in [0.15, 0.2) is 11.4 Å². The van der Waals surface area contributed by atoms with Crippen LogP contribution < -0.4 is 0 Å². The molecule has 0 fully saturated rings. The molecule has 0 saturated carbocycles. The summed E-state index contributed by atoms with van der Waals surface area (Å²) in [7, 11) is 0. The Balaban J connectivity index is 2.47. The highest BCUT2D eigenvalue weighted by Gasteiger charge is 2.09. The highest BCUT2D eigenvalue weighted by Crippen LogP contribution is 2.19. The Kier molecular flexibility index (Phi) is 6.25. The van der Waals surface area contributed by atoms with Crippen molar-refractivity contribution in [2.24, 2.45) is 5.92 Å². The smallest absolute Gasteiger partial charge is 0.313 e. The van der Waals surface area contributed by atoms with Crippen molar-refractivity contribution in [3.63, 3.8) is 0 Å². The van der Waals surface area contributed by atoms with Gasteiger partial charge in [0.1, 0.15) is 0 Å². The number of hydrogen-bond acceptors (Lipinski definition) is 3. The summed E-state index contributed by atoms with van der Waals surface area (Å²) in [6, 6.07) is 0. The lowest BCUT2D eigenvalue weighted by Crippen LogP contribution is -2.05. The van der Waals surface area contributed by atoms with Crippen molar-refractivity contribution >= 4 is 17.7 Å². The van der Waals surface area contributed by atoms with Gasteiger partial charge in [0.25, 0.3) is 0 Å². The lowest BCUT2D eigenvalue weighted by molar-refractivity contribution is -0.133. The fraction of sp³-hybridized carbons (Fsp3) is 0.692. The Morgan fingerprint density at radius 2 is 2.22 bits per heavy atom. The molecule has 0 bridgehead atoms. The van der Waals surface area contributed by atoms with Crippen LogP contribution in [0.3, 0.4) is 0 Å².